The molecule has 8 heteroatoms. The quantitative estimate of drug-likeness (QED) is 0.178. The third kappa shape index (κ3) is 6.50. The number of carbonyl (C=O) groups is 1. The summed E-state index contributed by atoms with van der Waals surface area (Å²) < 4.78 is 30.0. The summed E-state index contributed by atoms with van der Waals surface area (Å²) >= 11 is 0. The number of anilines is 1. The van der Waals surface area contributed by atoms with E-state index in [4.69, 9.17) is 0 Å². The summed E-state index contributed by atoms with van der Waals surface area (Å²) in [5.74, 6) is -0.356. The number of sulfonamides is 1. The molecule has 0 aliphatic rings. The first-order valence-corrected chi connectivity index (χ1v) is 15.7. The molecule has 4 aromatic carbocycles. The van der Waals surface area contributed by atoms with Crippen LogP contribution in [0.15, 0.2) is 108 Å². The van der Waals surface area contributed by atoms with Crippen molar-refractivity contribution in [1.29, 1.82) is 0 Å². The van der Waals surface area contributed by atoms with Gasteiger partial charge in [-0.25, -0.2) is 8.42 Å². The van der Waals surface area contributed by atoms with Crippen LogP contribution in [-0.2, 0) is 22.0 Å². The Morgan fingerprint density at radius 1 is 0.907 bits per heavy atom. The maximum Gasteiger partial charge on any atom is 0.268 e. The molecule has 1 aromatic heterocycles. The lowest BCUT2D eigenvalue weighted by Crippen LogP contribution is -2.31. The molecule has 1 unspecified atom stereocenters. The molecule has 5 aromatic rings. The molecule has 1 atom stereocenters. The monoisotopic (exact) mass is 595 g/mol. The van der Waals surface area contributed by atoms with Crippen LogP contribution in [-0.4, -0.2) is 37.1 Å². The van der Waals surface area contributed by atoms with Gasteiger partial charge in [0.1, 0.15) is 5.69 Å². The Morgan fingerprint density at radius 3 is 2.14 bits per heavy atom. The fourth-order valence-electron chi connectivity index (χ4n) is 5.06. The van der Waals surface area contributed by atoms with Gasteiger partial charge in [-0.2, -0.15) is 0 Å². The minimum Gasteiger partial charge on any atom is -0.392 e. The average Bonchev–Trinajstić information content (AvgIpc) is 3.38. The Hall–Kier alpha value is -4.40. The molecular formula is C35H37N3O4S. The first kappa shape index (κ1) is 30.1. The van der Waals surface area contributed by atoms with Gasteiger partial charge in [-0.15, -0.1) is 0 Å². The highest BCUT2D eigenvalue weighted by atomic mass is 32.2. The Kier molecular flexibility index (Phi) is 8.44. The summed E-state index contributed by atoms with van der Waals surface area (Å²) in [5, 5.41) is 13.2. The number of aromatic amines is 1. The van der Waals surface area contributed by atoms with E-state index in [2.05, 4.69) is 31.1 Å². The lowest BCUT2D eigenvalue weighted by Gasteiger charge is -2.26. The highest BCUT2D eigenvalue weighted by Gasteiger charge is 2.28. The number of aromatic nitrogens is 1. The zero-order chi connectivity index (χ0) is 30.8. The van der Waals surface area contributed by atoms with Gasteiger partial charge in [0, 0.05) is 23.0 Å². The van der Waals surface area contributed by atoms with E-state index in [9.17, 15) is 18.3 Å². The molecule has 0 bridgehead atoms. The molecule has 3 N–H and O–H groups in total. The second-order valence-corrected chi connectivity index (χ2v) is 13.7. The van der Waals surface area contributed by atoms with E-state index in [1.165, 1.54) is 4.31 Å². The molecular weight excluding hydrogens is 558 g/mol. The molecule has 0 saturated heterocycles. The van der Waals surface area contributed by atoms with Crippen molar-refractivity contribution in [2.75, 3.05) is 10.8 Å². The second kappa shape index (κ2) is 12.1. The van der Waals surface area contributed by atoms with Crippen molar-refractivity contribution in [3.05, 3.63) is 120 Å². The van der Waals surface area contributed by atoms with E-state index in [0.717, 1.165) is 16.7 Å². The van der Waals surface area contributed by atoms with E-state index >= 15 is 0 Å². The van der Waals surface area contributed by atoms with Crippen molar-refractivity contribution >= 4 is 32.5 Å². The number of hydrogen-bond donors (Lipinski definition) is 3. The van der Waals surface area contributed by atoms with Gasteiger partial charge in [0.25, 0.3) is 15.9 Å². The molecule has 0 aliphatic carbocycles. The number of fused-ring (bicyclic) bond motifs is 1. The first-order chi connectivity index (χ1) is 20.4. The number of rotatable bonds is 9. The van der Waals surface area contributed by atoms with Crippen molar-refractivity contribution in [3.63, 3.8) is 0 Å². The van der Waals surface area contributed by atoms with Crippen LogP contribution in [0.2, 0.25) is 0 Å². The van der Waals surface area contributed by atoms with Crippen LogP contribution in [0, 0.1) is 0 Å². The smallest absolute Gasteiger partial charge is 0.268 e. The zero-order valence-corrected chi connectivity index (χ0v) is 25.7. The van der Waals surface area contributed by atoms with E-state index < -0.39 is 16.1 Å². The average molecular weight is 596 g/mol. The Labute approximate surface area is 253 Å². The third-order valence-electron chi connectivity index (χ3n) is 7.40. The fraction of sp³-hybridized carbons (Fsp3) is 0.229. The molecule has 5 rings (SSSR count). The number of carbonyl (C=O) groups excluding carboxylic acids is 1. The summed E-state index contributed by atoms with van der Waals surface area (Å²) in [7, 11) is -3.97. The molecule has 0 aliphatic heterocycles. The number of nitrogens with one attached hydrogen (secondary N) is 2. The molecule has 1 heterocycles. The summed E-state index contributed by atoms with van der Waals surface area (Å²) in [6.45, 7) is 8.11. The predicted molar refractivity (Wildman–Crippen MR) is 173 cm³/mol. The van der Waals surface area contributed by atoms with Crippen molar-refractivity contribution in [2.45, 2.75) is 50.7 Å². The minimum atomic E-state index is -3.97. The summed E-state index contributed by atoms with van der Waals surface area (Å²) in [6, 6.07) is 31.5. The Morgan fingerprint density at radius 2 is 1.53 bits per heavy atom. The topological polar surface area (TPSA) is 102 Å². The number of aliphatic hydroxyl groups is 1. The molecule has 43 heavy (non-hydrogen) atoms. The Balaban J connectivity index is 1.66. The van der Waals surface area contributed by atoms with Gasteiger partial charge < -0.3 is 15.4 Å². The SMILES string of the molecule is CC(O)CNC(=O)c1[nH]c2ccc(N(Cc3ccccc3)S(=O)(=O)c3ccc(C(C)(C)C)cc3)cc2c1-c1ccccc1. The van der Waals surface area contributed by atoms with Crippen molar-refractivity contribution in [2.24, 2.45) is 0 Å². The normalized spacial score (nSPS) is 12.7. The molecule has 222 valence electrons. The maximum absolute atomic E-state index is 14.3. The van der Waals surface area contributed by atoms with Crippen LogP contribution >= 0.6 is 0 Å². The number of H-pyrrole nitrogens is 1. The summed E-state index contributed by atoms with van der Waals surface area (Å²) in [5.41, 5.74) is 4.75. The van der Waals surface area contributed by atoms with Crippen LogP contribution in [0.1, 0.15) is 49.3 Å². The van der Waals surface area contributed by atoms with Crippen LogP contribution in [0.25, 0.3) is 22.0 Å². The van der Waals surface area contributed by atoms with E-state index in [0.29, 0.717) is 27.8 Å². The van der Waals surface area contributed by atoms with Crippen LogP contribution in [0.5, 0.6) is 0 Å². The Bertz CT molecular complexity index is 1820. The number of nitrogens with zero attached hydrogens (tertiary/aromatic N) is 1. The van der Waals surface area contributed by atoms with Gasteiger partial charge in [-0.05, 0) is 59.4 Å². The van der Waals surface area contributed by atoms with Crippen LogP contribution in [0.4, 0.5) is 5.69 Å². The highest BCUT2D eigenvalue weighted by molar-refractivity contribution is 7.92. The molecule has 1 amide bonds. The van der Waals surface area contributed by atoms with E-state index in [1.807, 2.05) is 78.9 Å². The lowest BCUT2D eigenvalue weighted by atomic mass is 9.87. The number of amides is 1. The number of benzene rings is 4. The van der Waals surface area contributed by atoms with Gasteiger partial charge in [0.15, 0.2) is 0 Å². The van der Waals surface area contributed by atoms with Gasteiger partial charge >= 0.3 is 0 Å². The van der Waals surface area contributed by atoms with E-state index in [-0.39, 0.29) is 29.3 Å². The van der Waals surface area contributed by atoms with Crippen molar-refractivity contribution in [1.82, 2.24) is 10.3 Å². The second-order valence-electron chi connectivity index (χ2n) is 11.8. The first-order valence-electron chi connectivity index (χ1n) is 14.3. The van der Waals surface area contributed by atoms with Crippen LogP contribution < -0.4 is 9.62 Å². The standard InChI is InChI=1S/C35H37N3O4S/c1-24(39)22-36-34(40)33-32(26-13-9-6-10-14-26)30-21-28(17-20-31(30)37-33)38(23-25-11-7-5-8-12-25)43(41,42)29-18-15-27(16-19-29)35(2,3)4/h5-21,24,37,39H,22-23H2,1-4H3,(H,36,40). The van der Waals surface area contributed by atoms with Crippen molar-refractivity contribution < 1.29 is 18.3 Å². The molecule has 0 saturated carbocycles. The number of hydrogen-bond acceptors (Lipinski definition) is 4. The summed E-state index contributed by atoms with van der Waals surface area (Å²) in [4.78, 5) is 16.7. The largest absolute Gasteiger partial charge is 0.392 e. The lowest BCUT2D eigenvalue weighted by molar-refractivity contribution is 0.0920. The molecule has 0 spiro atoms. The molecule has 0 fully saturated rings. The van der Waals surface area contributed by atoms with Crippen molar-refractivity contribution in [3.8, 4) is 11.1 Å². The van der Waals surface area contributed by atoms with Gasteiger partial charge in [0.05, 0.1) is 23.2 Å². The van der Waals surface area contributed by atoms with Gasteiger partial charge in [-0.3, -0.25) is 9.10 Å². The fourth-order valence-corrected chi connectivity index (χ4v) is 6.50. The maximum atomic E-state index is 14.3. The van der Waals surface area contributed by atoms with Crippen LogP contribution in [0.3, 0.4) is 0 Å². The minimum absolute atomic E-state index is 0.102. The summed E-state index contributed by atoms with van der Waals surface area (Å²) in [6.07, 6.45) is -0.700. The zero-order valence-electron chi connectivity index (χ0n) is 24.8. The van der Waals surface area contributed by atoms with Gasteiger partial charge in [-0.1, -0.05) is 93.6 Å². The predicted octanol–water partition coefficient (Wildman–Crippen LogP) is 6.64. The molecule has 7 nitrogen and oxygen atoms in total. The van der Waals surface area contributed by atoms with Gasteiger partial charge in [0.2, 0.25) is 0 Å². The molecule has 0 radical (unpaired) electrons. The highest BCUT2D eigenvalue weighted by Crippen LogP contribution is 2.37. The van der Waals surface area contributed by atoms with E-state index in [1.54, 1.807) is 31.2 Å². The number of aliphatic hydroxyl groups excluding tert-OH is 1. The third-order valence-corrected chi connectivity index (χ3v) is 9.18.